The van der Waals surface area contributed by atoms with Gasteiger partial charge in [0.2, 0.25) is 0 Å². The van der Waals surface area contributed by atoms with E-state index in [9.17, 15) is 0 Å². The van der Waals surface area contributed by atoms with Gasteiger partial charge in [0, 0.05) is 11.6 Å². The minimum absolute atomic E-state index is 0.470. The Balaban J connectivity index is 1.84. The second kappa shape index (κ2) is 3.94. The molecule has 3 aromatic rings. The number of imidazole rings is 1. The fourth-order valence-electron chi connectivity index (χ4n) is 1.49. The lowest BCUT2D eigenvalue weighted by Gasteiger charge is -2.04. The summed E-state index contributed by atoms with van der Waals surface area (Å²) in [5.41, 5.74) is 1.90. The van der Waals surface area contributed by atoms with Crippen LogP contribution in [0.25, 0.3) is 11.0 Å². The van der Waals surface area contributed by atoms with Gasteiger partial charge in [-0.25, -0.2) is 9.97 Å². The van der Waals surface area contributed by atoms with Crippen LogP contribution in [0, 0.1) is 0 Å². The summed E-state index contributed by atoms with van der Waals surface area (Å²) in [5.74, 6) is 0. The van der Waals surface area contributed by atoms with Crippen molar-refractivity contribution in [3.8, 4) is 0 Å². The zero-order valence-corrected chi connectivity index (χ0v) is 9.22. The molecule has 0 radical (unpaired) electrons. The van der Waals surface area contributed by atoms with Gasteiger partial charge < -0.3 is 4.84 Å². The summed E-state index contributed by atoms with van der Waals surface area (Å²) in [7, 11) is 0. The molecule has 0 aliphatic rings. The number of fused-ring (bicyclic) bond motifs is 1. The van der Waals surface area contributed by atoms with Gasteiger partial charge in [0.05, 0.1) is 5.52 Å². The van der Waals surface area contributed by atoms with Gasteiger partial charge in [0.15, 0.2) is 6.61 Å². The summed E-state index contributed by atoms with van der Waals surface area (Å²) in [5, 5.41) is 2.89. The molecule has 0 amide bonds. The lowest BCUT2D eigenvalue weighted by atomic mass is 10.3. The molecular weight excluding hydrogens is 222 g/mol. The van der Waals surface area contributed by atoms with Crippen molar-refractivity contribution in [1.29, 1.82) is 0 Å². The molecule has 0 spiro atoms. The summed E-state index contributed by atoms with van der Waals surface area (Å²) in [4.78, 5) is 14.0. The van der Waals surface area contributed by atoms with Gasteiger partial charge in [-0.05, 0) is 12.1 Å². The number of rotatable bonds is 3. The molecule has 80 valence electrons. The van der Waals surface area contributed by atoms with Gasteiger partial charge in [-0.2, -0.15) is 4.73 Å². The number of para-hydroxylation sites is 2. The van der Waals surface area contributed by atoms with E-state index in [0.717, 1.165) is 16.0 Å². The summed E-state index contributed by atoms with van der Waals surface area (Å²) in [6, 6.07) is 7.86. The van der Waals surface area contributed by atoms with Crippen LogP contribution in [0.2, 0.25) is 0 Å². The van der Waals surface area contributed by atoms with Crippen molar-refractivity contribution in [3.63, 3.8) is 0 Å². The lowest BCUT2D eigenvalue weighted by molar-refractivity contribution is 0.106. The molecule has 16 heavy (non-hydrogen) atoms. The smallest absolute Gasteiger partial charge is 0.166 e. The molecule has 2 aromatic heterocycles. The van der Waals surface area contributed by atoms with Crippen LogP contribution >= 0.6 is 11.3 Å². The number of hydrogen-bond acceptors (Lipinski definition) is 4. The molecule has 0 N–H and O–H groups in total. The van der Waals surface area contributed by atoms with Gasteiger partial charge in [0.25, 0.3) is 0 Å². The summed E-state index contributed by atoms with van der Waals surface area (Å²) < 4.78 is 1.68. The summed E-state index contributed by atoms with van der Waals surface area (Å²) in [6.45, 7) is 0.470. The average Bonchev–Trinajstić information content (AvgIpc) is 2.96. The van der Waals surface area contributed by atoms with Crippen molar-refractivity contribution in [2.75, 3.05) is 0 Å². The Labute approximate surface area is 96.1 Å². The number of benzene rings is 1. The molecule has 1 aromatic carbocycles. The molecular formula is C11H9N3OS. The minimum Gasteiger partial charge on any atom is -0.405 e. The van der Waals surface area contributed by atoms with Gasteiger partial charge in [0.1, 0.15) is 16.9 Å². The number of nitrogens with zero attached hydrogens (tertiary/aromatic N) is 3. The third-order valence-corrected chi connectivity index (χ3v) is 2.98. The first-order chi connectivity index (χ1) is 7.93. The standard InChI is InChI=1S/C11H9N3OS/c1-2-4-10-9(3-1)13-8-14(10)15-7-11-12-5-6-16-11/h1-6,8H,7H2. The van der Waals surface area contributed by atoms with E-state index in [1.54, 1.807) is 28.6 Å². The molecule has 0 aliphatic carbocycles. The molecule has 0 bridgehead atoms. The molecule has 3 rings (SSSR count). The van der Waals surface area contributed by atoms with Crippen LogP contribution in [-0.4, -0.2) is 14.7 Å². The van der Waals surface area contributed by atoms with Gasteiger partial charge in [-0.15, -0.1) is 11.3 Å². The molecule has 5 heteroatoms. The largest absolute Gasteiger partial charge is 0.405 e. The van der Waals surface area contributed by atoms with E-state index >= 15 is 0 Å². The van der Waals surface area contributed by atoms with Gasteiger partial charge >= 0.3 is 0 Å². The first kappa shape index (κ1) is 9.35. The highest BCUT2D eigenvalue weighted by atomic mass is 32.1. The monoisotopic (exact) mass is 231 g/mol. The van der Waals surface area contributed by atoms with Crippen LogP contribution in [0.5, 0.6) is 0 Å². The second-order valence-electron chi connectivity index (χ2n) is 3.26. The van der Waals surface area contributed by atoms with Crippen molar-refractivity contribution < 1.29 is 4.84 Å². The van der Waals surface area contributed by atoms with Crippen molar-refractivity contribution >= 4 is 22.4 Å². The second-order valence-corrected chi connectivity index (χ2v) is 4.24. The van der Waals surface area contributed by atoms with Gasteiger partial charge in [-0.3, -0.25) is 0 Å². The highest BCUT2D eigenvalue weighted by Gasteiger charge is 2.02. The van der Waals surface area contributed by atoms with Crippen LogP contribution in [-0.2, 0) is 6.61 Å². The molecule has 2 heterocycles. The topological polar surface area (TPSA) is 39.9 Å². The highest BCUT2D eigenvalue weighted by Crippen LogP contribution is 2.11. The van der Waals surface area contributed by atoms with E-state index in [4.69, 9.17) is 4.84 Å². The maximum atomic E-state index is 5.61. The zero-order valence-electron chi connectivity index (χ0n) is 8.41. The molecule has 0 saturated heterocycles. The highest BCUT2D eigenvalue weighted by molar-refractivity contribution is 7.09. The first-order valence-electron chi connectivity index (χ1n) is 4.87. The van der Waals surface area contributed by atoms with E-state index in [1.807, 2.05) is 29.6 Å². The summed E-state index contributed by atoms with van der Waals surface area (Å²) in [6.07, 6.45) is 3.45. The van der Waals surface area contributed by atoms with Crippen molar-refractivity contribution in [3.05, 3.63) is 47.2 Å². The Morgan fingerprint density at radius 1 is 1.25 bits per heavy atom. The Morgan fingerprint density at radius 3 is 3.06 bits per heavy atom. The van der Waals surface area contributed by atoms with E-state index in [1.165, 1.54) is 0 Å². The first-order valence-corrected chi connectivity index (χ1v) is 5.75. The predicted molar refractivity (Wildman–Crippen MR) is 62.1 cm³/mol. The predicted octanol–water partition coefficient (Wildman–Crippen LogP) is 2.12. The fraction of sp³-hybridized carbons (Fsp3) is 0.0909. The third kappa shape index (κ3) is 1.65. The molecule has 0 unspecified atom stereocenters. The van der Waals surface area contributed by atoms with E-state index in [-0.39, 0.29) is 0 Å². The van der Waals surface area contributed by atoms with Crippen LogP contribution in [0.1, 0.15) is 5.01 Å². The molecule has 4 nitrogen and oxygen atoms in total. The average molecular weight is 231 g/mol. The normalized spacial score (nSPS) is 10.8. The SMILES string of the molecule is c1ccc2c(c1)ncn2OCc1nccs1. The Kier molecular flexibility index (Phi) is 2.30. The van der Waals surface area contributed by atoms with Gasteiger partial charge in [-0.1, -0.05) is 12.1 Å². The van der Waals surface area contributed by atoms with E-state index < -0.39 is 0 Å². The number of hydrogen-bond donors (Lipinski definition) is 0. The van der Waals surface area contributed by atoms with E-state index in [0.29, 0.717) is 6.61 Å². The molecule has 0 fully saturated rings. The van der Waals surface area contributed by atoms with Crippen LogP contribution in [0.15, 0.2) is 42.2 Å². The maximum Gasteiger partial charge on any atom is 0.166 e. The quantitative estimate of drug-likeness (QED) is 0.693. The van der Waals surface area contributed by atoms with Crippen molar-refractivity contribution in [2.45, 2.75) is 6.61 Å². The lowest BCUT2D eigenvalue weighted by Crippen LogP contribution is -2.09. The van der Waals surface area contributed by atoms with Crippen LogP contribution in [0.3, 0.4) is 0 Å². The Bertz CT molecular complexity index is 588. The molecule has 0 saturated carbocycles. The van der Waals surface area contributed by atoms with Crippen LogP contribution < -0.4 is 4.84 Å². The Hall–Kier alpha value is -1.88. The molecule has 0 atom stereocenters. The zero-order chi connectivity index (χ0) is 10.8. The number of thiazole rings is 1. The maximum absolute atomic E-state index is 5.61. The molecule has 0 aliphatic heterocycles. The summed E-state index contributed by atoms with van der Waals surface area (Å²) >= 11 is 1.58. The van der Waals surface area contributed by atoms with Crippen molar-refractivity contribution in [2.24, 2.45) is 0 Å². The van der Waals surface area contributed by atoms with Crippen molar-refractivity contribution in [1.82, 2.24) is 14.7 Å². The third-order valence-electron chi connectivity index (χ3n) is 2.23. The Morgan fingerprint density at radius 2 is 2.19 bits per heavy atom. The van der Waals surface area contributed by atoms with E-state index in [2.05, 4.69) is 9.97 Å². The minimum atomic E-state index is 0.470. The fourth-order valence-corrected chi connectivity index (χ4v) is 2.01. The number of aromatic nitrogens is 3. The van der Waals surface area contributed by atoms with Crippen LogP contribution in [0.4, 0.5) is 0 Å².